The minimum atomic E-state index is -4.78. The van der Waals surface area contributed by atoms with E-state index in [2.05, 4.69) is 4.98 Å². The molecule has 3 rings (SSSR count). The Bertz CT molecular complexity index is 1250. The summed E-state index contributed by atoms with van der Waals surface area (Å²) in [7, 11) is 0. The number of hydrogen-bond acceptors (Lipinski definition) is 2. The second-order valence-electron chi connectivity index (χ2n) is 7.76. The molecule has 0 radical (unpaired) electrons. The van der Waals surface area contributed by atoms with Gasteiger partial charge in [-0.1, -0.05) is 59.1 Å². The van der Waals surface area contributed by atoms with Crippen molar-refractivity contribution in [3.8, 4) is 0 Å². The monoisotopic (exact) mass is 565 g/mol. The molecule has 3 aromatic rings. The van der Waals surface area contributed by atoms with Crippen LogP contribution in [0.15, 0.2) is 60.9 Å². The van der Waals surface area contributed by atoms with Crippen LogP contribution in [0.5, 0.6) is 0 Å². The van der Waals surface area contributed by atoms with Gasteiger partial charge in [0.1, 0.15) is 0 Å². The van der Waals surface area contributed by atoms with Crippen molar-refractivity contribution in [2.24, 2.45) is 0 Å². The number of aromatic nitrogens is 1. The molecule has 0 N–H and O–H groups in total. The molecule has 190 valence electrons. The predicted molar refractivity (Wildman–Crippen MR) is 128 cm³/mol. The lowest BCUT2D eigenvalue weighted by molar-refractivity contribution is -0.140. The number of benzene rings is 2. The van der Waals surface area contributed by atoms with E-state index in [-0.39, 0.29) is 55.9 Å². The molecule has 1 unspecified atom stereocenters. The molecule has 0 amide bonds. The van der Waals surface area contributed by atoms with Crippen molar-refractivity contribution in [3.05, 3.63) is 104 Å². The third-order valence-electron chi connectivity index (χ3n) is 5.24. The molecule has 11 heteroatoms. The number of rotatable bonds is 7. The first-order valence-corrected chi connectivity index (χ1v) is 11.4. The fraction of sp³-hybridized carbons (Fsp3) is 0.200. The minimum Gasteiger partial charge on any atom is -0.294 e. The summed E-state index contributed by atoms with van der Waals surface area (Å²) < 4.78 is 82.3. The predicted octanol–water partition coefficient (Wildman–Crippen LogP) is 9.24. The summed E-state index contributed by atoms with van der Waals surface area (Å²) in [5.74, 6) is -2.58. The van der Waals surface area contributed by atoms with Crippen molar-refractivity contribution in [2.45, 2.75) is 31.1 Å². The number of pyridine rings is 1. The van der Waals surface area contributed by atoms with E-state index in [1.807, 2.05) is 0 Å². The second-order valence-corrected chi connectivity index (χ2v) is 8.95. The van der Waals surface area contributed by atoms with E-state index in [1.165, 1.54) is 30.6 Å². The van der Waals surface area contributed by atoms with Crippen molar-refractivity contribution in [1.82, 2.24) is 4.98 Å². The standard InChI is InChI=1S/C25H16Cl3F6NO/c26-20-11-17(12-21(27)23(20)28)18(24(29,30)31)7-4-14-3-5-15(19(10-14)25(32,33)34)6-8-22(36)16-2-1-9-35-13-16/h1-5,7,9-13,18H,6,8H2/b7-4+. The van der Waals surface area contributed by atoms with Crippen LogP contribution in [0.25, 0.3) is 6.08 Å². The molecule has 0 fully saturated rings. The normalized spacial score (nSPS) is 13.2. The Morgan fingerprint density at radius 1 is 0.972 bits per heavy atom. The zero-order valence-corrected chi connectivity index (χ0v) is 20.4. The van der Waals surface area contributed by atoms with E-state index in [1.54, 1.807) is 0 Å². The van der Waals surface area contributed by atoms with E-state index >= 15 is 0 Å². The van der Waals surface area contributed by atoms with Crippen LogP contribution in [0.4, 0.5) is 26.3 Å². The first kappa shape index (κ1) is 28.0. The van der Waals surface area contributed by atoms with Gasteiger partial charge in [-0.15, -0.1) is 0 Å². The second kappa shape index (κ2) is 11.2. The van der Waals surface area contributed by atoms with Crippen LogP contribution in [-0.2, 0) is 12.6 Å². The van der Waals surface area contributed by atoms with Crippen LogP contribution in [0.1, 0.15) is 45.0 Å². The third-order valence-corrected chi connectivity index (χ3v) is 6.44. The first-order valence-electron chi connectivity index (χ1n) is 10.3. The SMILES string of the molecule is O=C(CCc1ccc(/C=C/C(c2cc(Cl)c(Cl)c(Cl)c2)C(F)(F)F)cc1C(F)(F)F)c1cccnc1. The number of ketones is 1. The highest BCUT2D eigenvalue weighted by Crippen LogP contribution is 2.41. The summed E-state index contributed by atoms with van der Waals surface area (Å²) in [6.07, 6.45) is -5.53. The summed E-state index contributed by atoms with van der Waals surface area (Å²) in [6, 6.07) is 8.20. The van der Waals surface area contributed by atoms with Gasteiger partial charge in [0.15, 0.2) is 5.78 Å². The van der Waals surface area contributed by atoms with E-state index in [0.717, 1.165) is 36.4 Å². The van der Waals surface area contributed by atoms with E-state index in [9.17, 15) is 31.1 Å². The zero-order chi connectivity index (χ0) is 26.7. The molecule has 2 nitrogen and oxygen atoms in total. The number of aryl methyl sites for hydroxylation is 1. The molecule has 0 spiro atoms. The highest BCUT2D eigenvalue weighted by molar-refractivity contribution is 6.48. The largest absolute Gasteiger partial charge is 0.416 e. The number of allylic oxidation sites excluding steroid dienone is 1. The van der Waals surface area contributed by atoms with Gasteiger partial charge >= 0.3 is 12.4 Å². The molecule has 0 bridgehead atoms. The molecule has 0 saturated carbocycles. The summed E-state index contributed by atoms with van der Waals surface area (Å²) in [4.78, 5) is 16.1. The Morgan fingerprint density at radius 3 is 2.19 bits per heavy atom. The lowest BCUT2D eigenvalue weighted by atomic mass is 9.95. The molecule has 0 saturated heterocycles. The van der Waals surface area contributed by atoms with Crippen molar-refractivity contribution in [1.29, 1.82) is 0 Å². The molecular formula is C25H16Cl3F6NO. The summed E-state index contributed by atoms with van der Waals surface area (Å²) in [5, 5.41) is -0.489. The maximum absolute atomic E-state index is 13.7. The van der Waals surface area contributed by atoms with Crippen LogP contribution in [0, 0.1) is 0 Å². The van der Waals surface area contributed by atoms with Crippen molar-refractivity contribution in [3.63, 3.8) is 0 Å². The topological polar surface area (TPSA) is 30.0 Å². The van der Waals surface area contributed by atoms with Gasteiger partial charge in [-0.2, -0.15) is 26.3 Å². The number of halogens is 9. The van der Waals surface area contributed by atoms with Gasteiger partial charge in [-0.3, -0.25) is 9.78 Å². The molecule has 1 aromatic heterocycles. The van der Waals surface area contributed by atoms with Gasteiger partial charge in [0.25, 0.3) is 0 Å². The average Bonchev–Trinajstić information content (AvgIpc) is 2.80. The van der Waals surface area contributed by atoms with Gasteiger partial charge < -0.3 is 0 Å². The molecule has 1 atom stereocenters. The van der Waals surface area contributed by atoms with Crippen molar-refractivity contribution >= 4 is 46.7 Å². The summed E-state index contributed by atoms with van der Waals surface area (Å²) >= 11 is 17.5. The van der Waals surface area contributed by atoms with Crippen molar-refractivity contribution < 1.29 is 31.1 Å². The molecular weight excluding hydrogens is 551 g/mol. The Labute approximate surface area is 217 Å². The summed E-state index contributed by atoms with van der Waals surface area (Å²) in [5.41, 5.74) is -1.35. The Morgan fingerprint density at radius 2 is 1.64 bits per heavy atom. The fourth-order valence-corrected chi connectivity index (χ4v) is 4.08. The smallest absolute Gasteiger partial charge is 0.294 e. The Kier molecular flexibility index (Phi) is 8.75. The van der Waals surface area contributed by atoms with Crippen LogP contribution in [-0.4, -0.2) is 16.9 Å². The quantitative estimate of drug-likeness (QED) is 0.162. The third kappa shape index (κ3) is 7.02. The number of alkyl halides is 6. The fourth-order valence-electron chi connectivity index (χ4n) is 3.47. The van der Waals surface area contributed by atoms with Gasteiger partial charge in [0, 0.05) is 24.4 Å². The number of carbonyl (C=O) groups excluding carboxylic acids is 1. The average molecular weight is 567 g/mol. The van der Waals surface area contributed by atoms with Gasteiger partial charge in [0.2, 0.25) is 0 Å². The zero-order valence-electron chi connectivity index (χ0n) is 18.1. The van der Waals surface area contributed by atoms with Crippen LogP contribution < -0.4 is 0 Å². The Hall–Kier alpha value is -2.55. The van der Waals surface area contributed by atoms with Crippen LogP contribution >= 0.6 is 34.8 Å². The highest BCUT2D eigenvalue weighted by Gasteiger charge is 2.39. The van der Waals surface area contributed by atoms with E-state index in [0.29, 0.717) is 0 Å². The molecule has 0 aliphatic rings. The molecule has 36 heavy (non-hydrogen) atoms. The molecule has 0 aliphatic heterocycles. The lowest BCUT2D eigenvalue weighted by Gasteiger charge is -2.19. The molecule has 2 aromatic carbocycles. The highest BCUT2D eigenvalue weighted by atomic mass is 35.5. The maximum atomic E-state index is 13.7. The number of nitrogens with zero attached hydrogens (tertiary/aromatic N) is 1. The van der Waals surface area contributed by atoms with Crippen LogP contribution in [0.2, 0.25) is 15.1 Å². The van der Waals surface area contributed by atoms with E-state index < -0.39 is 23.8 Å². The Balaban J connectivity index is 1.90. The van der Waals surface area contributed by atoms with E-state index in [4.69, 9.17) is 34.8 Å². The van der Waals surface area contributed by atoms with Crippen molar-refractivity contribution in [2.75, 3.05) is 0 Å². The lowest BCUT2D eigenvalue weighted by Crippen LogP contribution is -2.19. The first-order chi connectivity index (χ1) is 16.8. The number of Topliss-reactive ketones (excluding diaryl/α,β-unsaturated/α-hetero) is 1. The van der Waals surface area contributed by atoms with Gasteiger partial charge in [-0.05, 0) is 53.4 Å². The molecule has 1 heterocycles. The van der Waals surface area contributed by atoms with Crippen LogP contribution in [0.3, 0.4) is 0 Å². The number of carbonyl (C=O) groups is 1. The maximum Gasteiger partial charge on any atom is 0.416 e. The number of hydrogen-bond donors (Lipinski definition) is 0. The minimum absolute atomic E-state index is 0.106. The summed E-state index contributed by atoms with van der Waals surface area (Å²) in [6.45, 7) is 0. The molecule has 0 aliphatic carbocycles. The van der Waals surface area contributed by atoms with Gasteiger partial charge in [-0.25, -0.2) is 0 Å². The van der Waals surface area contributed by atoms with Gasteiger partial charge in [0.05, 0.1) is 26.5 Å².